The highest BCUT2D eigenvalue weighted by atomic mass is 79.9. The Hall–Kier alpha value is -0.870. The lowest BCUT2D eigenvalue weighted by atomic mass is 9.86. The van der Waals surface area contributed by atoms with Crippen LogP contribution in [-0.2, 0) is 17.6 Å². The zero-order valence-electron chi connectivity index (χ0n) is 12.2. The quantitative estimate of drug-likeness (QED) is 0.884. The number of nitrogens with zero attached hydrogens (tertiary/aromatic N) is 1. The summed E-state index contributed by atoms with van der Waals surface area (Å²) in [6.07, 6.45) is 7.27. The lowest BCUT2D eigenvalue weighted by Gasteiger charge is -2.37. The van der Waals surface area contributed by atoms with Gasteiger partial charge in [-0.25, -0.2) is 0 Å². The first-order valence-electron chi connectivity index (χ1n) is 7.91. The minimum atomic E-state index is -0.640. The molecule has 1 aromatic rings. The maximum absolute atomic E-state index is 11.6. The van der Waals surface area contributed by atoms with Crippen LogP contribution >= 0.6 is 15.9 Å². The number of aliphatic carboxylic acids is 1. The molecule has 21 heavy (non-hydrogen) atoms. The van der Waals surface area contributed by atoms with Crippen LogP contribution in [-0.4, -0.2) is 34.6 Å². The number of hydrogen-bond acceptors (Lipinski definition) is 2. The zero-order chi connectivity index (χ0) is 14.8. The maximum Gasteiger partial charge on any atom is 0.320 e. The van der Waals surface area contributed by atoms with E-state index in [1.807, 2.05) is 0 Å². The molecule has 0 spiro atoms. The van der Waals surface area contributed by atoms with Crippen molar-refractivity contribution in [2.45, 2.75) is 57.0 Å². The Kier molecular flexibility index (Phi) is 4.65. The number of carboxylic acid groups (broad SMARTS) is 1. The van der Waals surface area contributed by atoms with E-state index < -0.39 is 5.97 Å². The molecule has 1 saturated heterocycles. The first kappa shape index (κ1) is 15.0. The third-order valence-electron chi connectivity index (χ3n) is 4.92. The monoisotopic (exact) mass is 351 g/mol. The molecular weight excluding hydrogens is 330 g/mol. The topological polar surface area (TPSA) is 40.5 Å². The SMILES string of the molecule is O=C(O)C1CCCCCN1C1CCc2cc(Br)ccc2C1. The van der Waals surface area contributed by atoms with Gasteiger partial charge in [0.15, 0.2) is 0 Å². The highest BCUT2D eigenvalue weighted by molar-refractivity contribution is 9.10. The van der Waals surface area contributed by atoms with Crippen molar-refractivity contribution in [2.75, 3.05) is 6.54 Å². The second-order valence-corrected chi connectivity index (χ2v) is 7.17. The second kappa shape index (κ2) is 6.49. The van der Waals surface area contributed by atoms with Crippen molar-refractivity contribution in [3.8, 4) is 0 Å². The first-order chi connectivity index (χ1) is 10.1. The molecule has 0 radical (unpaired) electrons. The third-order valence-corrected chi connectivity index (χ3v) is 5.41. The number of likely N-dealkylation sites (tertiary alicyclic amines) is 1. The molecule has 4 heteroatoms. The number of benzene rings is 1. The van der Waals surface area contributed by atoms with Gasteiger partial charge in [-0.3, -0.25) is 9.69 Å². The molecular formula is C17H22BrNO2. The molecule has 1 fully saturated rings. The summed E-state index contributed by atoms with van der Waals surface area (Å²) < 4.78 is 1.14. The van der Waals surface area contributed by atoms with Crippen molar-refractivity contribution in [3.63, 3.8) is 0 Å². The van der Waals surface area contributed by atoms with Gasteiger partial charge in [0.2, 0.25) is 0 Å². The van der Waals surface area contributed by atoms with Crippen LogP contribution in [0.25, 0.3) is 0 Å². The molecule has 2 atom stereocenters. The molecule has 0 saturated carbocycles. The Labute approximate surface area is 134 Å². The van der Waals surface area contributed by atoms with Crippen molar-refractivity contribution >= 4 is 21.9 Å². The van der Waals surface area contributed by atoms with Gasteiger partial charge in [-0.1, -0.05) is 34.8 Å². The molecule has 1 aliphatic carbocycles. The van der Waals surface area contributed by atoms with E-state index in [9.17, 15) is 9.90 Å². The molecule has 3 rings (SSSR count). The molecule has 1 aromatic carbocycles. The van der Waals surface area contributed by atoms with Gasteiger partial charge in [0, 0.05) is 10.5 Å². The van der Waals surface area contributed by atoms with Gasteiger partial charge in [0.1, 0.15) is 6.04 Å². The predicted octanol–water partition coefficient (Wildman–Crippen LogP) is 3.64. The normalized spacial score (nSPS) is 26.9. The van der Waals surface area contributed by atoms with Crippen LogP contribution < -0.4 is 0 Å². The van der Waals surface area contributed by atoms with Gasteiger partial charge < -0.3 is 5.11 Å². The van der Waals surface area contributed by atoms with Crippen molar-refractivity contribution in [1.29, 1.82) is 0 Å². The van der Waals surface area contributed by atoms with Crippen molar-refractivity contribution in [1.82, 2.24) is 4.90 Å². The minimum Gasteiger partial charge on any atom is -0.480 e. The minimum absolute atomic E-state index is 0.283. The number of hydrogen-bond donors (Lipinski definition) is 1. The lowest BCUT2D eigenvalue weighted by molar-refractivity contribution is -0.144. The zero-order valence-corrected chi connectivity index (χ0v) is 13.8. The molecule has 3 nitrogen and oxygen atoms in total. The standard InChI is InChI=1S/C17H22BrNO2/c18-14-7-5-13-11-15(8-6-12(13)10-14)19-9-3-1-2-4-16(19)17(20)21/h5,7,10,15-16H,1-4,6,8-9,11H2,(H,20,21). The summed E-state index contributed by atoms with van der Waals surface area (Å²) in [5, 5.41) is 9.55. The summed E-state index contributed by atoms with van der Waals surface area (Å²) in [5.74, 6) is -0.640. The molecule has 2 aliphatic rings. The summed E-state index contributed by atoms with van der Waals surface area (Å²) in [5.41, 5.74) is 2.81. The van der Waals surface area contributed by atoms with E-state index in [1.54, 1.807) is 0 Å². The molecule has 1 aliphatic heterocycles. The van der Waals surface area contributed by atoms with Gasteiger partial charge in [0.25, 0.3) is 0 Å². The van der Waals surface area contributed by atoms with Gasteiger partial charge in [0.05, 0.1) is 0 Å². The largest absolute Gasteiger partial charge is 0.480 e. The molecule has 0 aromatic heterocycles. The second-order valence-electron chi connectivity index (χ2n) is 6.25. The summed E-state index contributed by atoms with van der Waals surface area (Å²) in [6.45, 7) is 0.938. The van der Waals surface area contributed by atoms with Crippen LogP contribution in [0.4, 0.5) is 0 Å². The van der Waals surface area contributed by atoms with E-state index in [4.69, 9.17) is 0 Å². The number of carboxylic acids is 1. The Morgan fingerprint density at radius 2 is 2.05 bits per heavy atom. The van der Waals surface area contributed by atoms with Crippen molar-refractivity contribution in [2.24, 2.45) is 0 Å². The Morgan fingerprint density at radius 3 is 2.86 bits per heavy atom. The van der Waals surface area contributed by atoms with Gasteiger partial charge in [-0.15, -0.1) is 0 Å². The van der Waals surface area contributed by atoms with Crippen LogP contribution in [0.15, 0.2) is 22.7 Å². The molecule has 114 valence electrons. The fraction of sp³-hybridized carbons (Fsp3) is 0.588. The summed E-state index contributed by atoms with van der Waals surface area (Å²) in [4.78, 5) is 13.9. The Bertz CT molecular complexity index is 532. The average Bonchev–Trinajstić information content (AvgIpc) is 2.72. The number of fused-ring (bicyclic) bond motifs is 1. The highest BCUT2D eigenvalue weighted by Gasteiger charge is 2.33. The summed E-state index contributed by atoms with van der Waals surface area (Å²) >= 11 is 3.53. The smallest absolute Gasteiger partial charge is 0.320 e. The van der Waals surface area contributed by atoms with Crippen LogP contribution in [0.2, 0.25) is 0 Å². The van der Waals surface area contributed by atoms with E-state index in [1.165, 1.54) is 11.1 Å². The van der Waals surface area contributed by atoms with Crippen LogP contribution in [0.3, 0.4) is 0 Å². The fourth-order valence-corrected chi connectivity index (χ4v) is 4.23. The van der Waals surface area contributed by atoms with Crippen LogP contribution in [0.5, 0.6) is 0 Å². The Morgan fingerprint density at radius 1 is 1.19 bits per heavy atom. The molecule has 1 heterocycles. The number of aryl methyl sites for hydroxylation is 1. The number of carbonyl (C=O) groups is 1. The van der Waals surface area contributed by atoms with Crippen LogP contribution in [0, 0.1) is 0 Å². The Balaban J connectivity index is 1.79. The fourth-order valence-electron chi connectivity index (χ4n) is 3.82. The molecule has 0 amide bonds. The van der Waals surface area contributed by atoms with Crippen molar-refractivity contribution < 1.29 is 9.90 Å². The predicted molar refractivity (Wildman–Crippen MR) is 86.6 cm³/mol. The molecule has 1 N–H and O–H groups in total. The molecule has 2 unspecified atom stereocenters. The van der Waals surface area contributed by atoms with Gasteiger partial charge >= 0.3 is 5.97 Å². The summed E-state index contributed by atoms with van der Waals surface area (Å²) in [6, 6.07) is 6.60. The maximum atomic E-state index is 11.6. The number of halogens is 1. The van der Waals surface area contributed by atoms with E-state index >= 15 is 0 Å². The van der Waals surface area contributed by atoms with E-state index in [0.29, 0.717) is 6.04 Å². The van der Waals surface area contributed by atoms with Crippen LogP contribution in [0.1, 0.15) is 43.2 Å². The van der Waals surface area contributed by atoms with E-state index in [-0.39, 0.29) is 6.04 Å². The highest BCUT2D eigenvalue weighted by Crippen LogP contribution is 2.30. The van der Waals surface area contributed by atoms with Gasteiger partial charge in [-0.2, -0.15) is 0 Å². The third kappa shape index (κ3) is 3.32. The molecule has 0 bridgehead atoms. The van der Waals surface area contributed by atoms with Gasteiger partial charge in [-0.05, 0) is 61.9 Å². The van der Waals surface area contributed by atoms with E-state index in [0.717, 1.165) is 56.0 Å². The lowest BCUT2D eigenvalue weighted by Crippen LogP contribution is -2.49. The average molecular weight is 352 g/mol. The first-order valence-corrected chi connectivity index (χ1v) is 8.70. The van der Waals surface area contributed by atoms with Crippen molar-refractivity contribution in [3.05, 3.63) is 33.8 Å². The number of rotatable bonds is 2. The van der Waals surface area contributed by atoms with E-state index in [2.05, 4.69) is 39.0 Å². The summed E-state index contributed by atoms with van der Waals surface area (Å²) in [7, 11) is 0.